The molecule has 0 bridgehead atoms. The first-order valence-corrected chi connectivity index (χ1v) is 6.11. The lowest BCUT2D eigenvalue weighted by Gasteiger charge is -2.33. The highest BCUT2D eigenvalue weighted by molar-refractivity contribution is 7.10. The number of nitrogens with zero attached hydrogens (tertiary/aromatic N) is 1. The minimum absolute atomic E-state index is 0.0532. The standard InChI is InChI=1S/C11H16N2OS/c1-8(10-4-3-7-15-10)13(2)11(14)9-5-6-12-9/h3-4,7-9,12H,5-6H2,1-2H3/t8?,9-/m1/s1. The molecule has 1 N–H and O–H groups in total. The molecule has 3 nitrogen and oxygen atoms in total. The van der Waals surface area contributed by atoms with Crippen molar-refractivity contribution in [3.05, 3.63) is 22.4 Å². The summed E-state index contributed by atoms with van der Waals surface area (Å²) in [6.45, 7) is 3.04. The maximum Gasteiger partial charge on any atom is 0.240 e. The largest absolute Gasteiger partial charge is 0.337 e. The number of carbonyl (C=O) groups excluding carboxylic acids is 1. The molecule has 0 radical (unpaired) electrons. The number of amides is 1. The fraction of sp³-hybridized carbons (Fsp3) is 0.545. The molecule has 1 aromatic rings. The third kappa shape index (κ3) is 2.06. The molecule has 0 aliphatic carbocycles. The van der Waals surface area contributed by atoms with Crippen LogP contribution in [-0.2, 0) is 4.79 Å². The van der Waals surface area contributed by atoms with Crippen molar-refractivity contribution >= 4 is 17.2 Å². The Balaban J connectivity index is 2.00. The first-order chi connectivity index (χ1) is 7.20. The number of thiophene rings is 1. The number of nitrogens with one attached hydrogen (secondary N) is 1. The number of likely N-dealkylation sites (N-methyl/N-ethyl adjacent to an activating group) is 1. The van der Waals surface area contributed by atoms with E-state index < -0.39 is 0 Å². The molecule has 0 aromatic carbocycles. The van der Waals surface area contributed by atoms with E-state index in [1.54, 1.807) is 11.3 Å². The Morgan fingerprint density at radius 1 is 1.73 bits per heavy atom. The summed E-state index contributed by atoms with van der Waals surface area (Å²) in [6, 6.07) is 4.33. The molecule has 15 heavy (non-hydrogen) atoms. The average molecular weight is 224 g/mol. The van der Waals surface area contributed by atoms with Crippen LogP contribution in [0.3, 0.4) is 0 Å². The second-order valence-electron chi connectivity index (χ2n) is 3.94. The lowest BCUT2D eigenvalue weighted by molar-refractivity contribution is -0.135. The fourth-order valence-corrected chi connectivity index (χ4v) is 2.48. The van der Waals surface area contributed by atoms with Gasteiger partial charge in [0.1, 0.15) is 0 Å². The van der Waals surface area contributed by atoms with Crippen molar-refractivity contribution in [3.63, 3.8) is 0 Å². The minimum Gasteiger partial charge on any atom is -0.337 e. The molecular weight excluding hydrogens is 208 g/mol. The molecule has 2 rings (SSSR count). The molecular formula is C11H16N2OS. The van der Waals surface area contributed by atoms with Crippen LogP contribution >= 0.6 is 11.3 Å². The molecule has 1 amide bonds. The molecule has 1 aromatic heterocycles. The van der Waals surface area contributed by atoms with Gasteiger partial charge in [-0.25, -0.2) is 0 Å². The first kappa shape index (κ1) is 10.6. The van der Waals surface area contributed by atoms with E-state index in [1.807, 2.05) is 23.4 Å². The number of hydrogen-bond donors (Lipinski definition) is 1. The zero-order valence-corrected chi connectivity index (χ0v) is 9.88. The van der Waals surface area contributed by atoms with Gasteiger partial charge in [0.05, 0.1) is 12.1 Å². The van der Waals surface area contributed by atoms with Crippen LogP contribution in [0.2, 0.25) is 0 Å². The zero-order chi connectivity index (χ0) is 10.8. The molecule has 1 unspecified atom stereocenters. The van der Waals surface area contributed by atoms with Crippen molar-refractivity contribution < 1.29 is 4.79 Å². The second kappa shape index (κ2) is 4.33. The van der Waals surface area contributed by atoms with Crippen LogP contribution in [0.15, 0.2) is 17.5 Å². The van der Waals surface area contributed by atoms with E-state index in [0.29, 0.717) is 0 Å². The molecule has 1 fully saturated rings. The lowest BCUT2D eigenvalue weighted by atomic mass is 10.1. The number of hydrogen-bond acceptors (Lipinski definition) is 3. The normalized spacial score (nSPS) is 21.9. The van der Waals surface area contributed by atoms with Gasteiger partial charge in [0.25, 0.3) is 0 Å². The molecule has 2 heterocycles. The van der Waals surface area contributed by atoms with E-state index in [9.17, 15) is 4.79 Å². The predicted molar refractivity (Wildman–Crippen MR) is 61.9 cm³/mol. The zero-order valence-electron chi connectivity index (χ0n) is 9.06. The number of rotatable bonds is 3. The van der Waals surface area contributed by atoms with Gasteiger partial charge in [-0.05, 0) is 31.3 Å². The van der Waals surface area contributed by atoms with Crippen molar-refractivity contribution in [1.82, 2.24) is 10.2 Å². The van der Waals surface area contributed by atoms with Crippen molar-refractivity contribution in [2.24, 2.45) is 0 Å². The molecule has 2 atom stereocenters. The van der Waals surface area contributed by atoms with Gasteiger partial charge >= 0.3 is 0 Å². The molecule has 1 aliphatic heterocycles. The predicted octanol–water partition coefficient (Wildman–Crippen LogP) is 1.63. The Labute approximate surface area is 94.1 Å². The average Bonchev–Trinajstić information content (AvgIpc) is 2.65. The van der Waals surface area contributed by atoms with Gasteiger partial charge in [0, 0.05) is 11.9 Å². The van der Waals surface area contributed by atoms with Gasteiger partial charge in [-0.15, -0.1) is 11.3 Å². The molecule has 0 saturated carbocycles. The van der Waals surface area contributed by atoms with E-state index >= 15 is 0 Å². The summed E-state index contributed by atoms with van der Waals surface area (Å²) >= 11 is 1.70. The van der Waals surface area contributed by atoms with Gasteiger partial charge < -0.3 is 10.2 Å². The van der Waals surface area contributed by atoms with Crippen molar-refractivity contribution in [2.45, 2.75) is 25.4 Å². The van der Waals surface area contributed by atoms with Crippen LogP contribution in [-0.4, -0.2) is 30.4 Å². The van der Waals surface area contributed by atoms with Crippen LogP contribution in [0.5, 0.6) is 0 Å². The lowest BCUT2D eigenvalue weighted by Crippen LogP contribution is -2.53. The monoisotopic (exact) mass is 224 g/mol. The van der Waals surface area contributed by atoms with Crippen LogP contribution in [0.4, 0.5) is 0 Å². The summed E-state index contributed by atoms with van der Waals surface area (Å²) in [5.74, 6) is 0.210. The molecule has 1 saturated heterocycles. The van der Waals surface area contributed by atoms with Crippen LogP contribution in [0.25, 0.3) is 0 Å². The Bertz CT molecular complexity index is 332. The Morgan fingerprint density at radius 3 is 2.93 bits per heavy atom. The molecule has 0 spiro atoms. The Morgan fingerprint density at radius 2 is 2.47 bits per heavy atom. The Kier molecular flexibility index (Phi) is 3.07. The van der Waals surface area contributed by atoms with E-state index in [1.165, 1.54) is 4.88 Å². The molecule has 1 aliphatic rings. The summed E-state index contributed by atoms with van der Waals surface area (Å²) in [4.78, 5) is 15.0. The van der Waals surface area contributed by atoms with E-state index in [0.717, 1.165) is 13.0 Å². The second-order valence-corrected chi connectivity index (χ2v) is 4.92. The topological polar surface area (TPSA) is 32.3 Å². The summed E-state index contributed by atoms with van der Waals surface area (Å²) in [5, 5.41) is 5.19. The van der Waals surface area contributed by atoms with Gasteiger partial charge in [-0.2, -0.15) is 0 Å². The highest BCUT2D eigenvalue weighted by Gasteiger charge is 2.29. The summed E-state index contributed by atoms with van der Waals surface area (Å²) in [5.41, 5.74) is 0. The minimum atomic E-state index is 0.0532. The molecule has 4 heteroatoms. The third-order valence-electron chi connectivity index (χ3n) is 3.01. The van der Waals surface area contributed by atoms with Gasteiger partial charge in [0.15, 0.2) is 0 Å². The van der Waals surface area contributed by atoms with Gasteiger partial charge in [-0.1, -0.05) is 6.07 Å². The smallest absolute Gasteiger partial charge is 0.240 e. The number of carbonyl (C=O) groups is 1. The Hall–Kier alpha value is -0.870. The first-order valence-electron chi connectivity index (χ1n) is 5.23. The summed E-state index contributed by atoms with van der Waals surface area (Å²) in [7, 11) is 1.88. The van der Waals surface area contributed by atoms with E-state index in [2.05, 4.69) is 18.3 Å². The van der Waals surface area contributed by atoms with Crippen molar-refractivity contribution in [3.8, 4) is 0 Å². The highest BCUT2D eigenvalue weighted by atomic mass is 32.1. The maximum absolute atomic E-state index is 11.9. The van der Waals surface area contributed by atoms with Crippen LogP contribution in [0.1, 0.15) is 24.3 Å². The molecule has 82 valence electrons. The van der Waals surface area contributed by atoms with Crippen LogP contribution in [0, 0.1) is 0 Å². The quantitative estimate of drug-likeness (QED) is 0.846. The summed E-state index contributed by atoms with van der Waals surface area (Å²) < 4.78 is 0. The third-order valence-corrected chi connectivity index (χ3v) is 4.05. The van der Waals surface area contributed by atoms with Gasteiger partial charge in [0.2, 0.25) is 5.91 Å². The van der Waals surface area contributed by atoms with Crippen molar-refractivity contribution in [2.75, 3.05) is 13.6 Å². The van der Waals surface area contributed by atoms with Gasteiger partial charge in [-0.3, -0.25) is 4.79 Å². The van der Waals surface area contributed by atoms with E-state index in [-0.39, 0.29) is 18.0 Å². The maximum atomic E-state index is 11.9. The summed E-state index contributed by atoms with van der Waals surface area (Å²) in [6.07, 6.45) is 0.973. The van der Waals surface area contributed by atoms with Crippen LogP contribution < -0.4 is 5.32 Å². The highest BCUT2D eigenvalue weighted by Crippen LogP contribution is 2.24. The van der Waals surface area contributed by atoms with Crippen molar-refractivity contribution in [1.29, 1.82) is 0 Å². The SMILES string of the molecule is CC(c1cccs1)N(C)C(=O)[C@H]1CCN1. The fourth-order valence-electron chi connectivity index (χ4n) is 1.66. The van der Waals surface area contributed by atoms with E-state index in [4.69, 9.17) is 0 Å².